The minimum atomic E-state index is -0.968. The molecule has 3 aromatic carbocycles. The highest BCUT2D eigenvalue weighted by Gasteiger charge is 2.16. The van der Waals surface area contributed by atoms with Crippen molar-refractivity contribution < 1.29 is 28.5 Å². The van der Waals surface area contributed by atoms with Gasteiger partial charge in [-0.05, 0) is 60.0 Å². The summed E-state index contributed by atoms with van der Waals surface area (Å²) in [5, 5.41) is 0. The summed E-state index contributed by atoms with van der Waals surface area (Å²) in [5.74, 6) is 1.49. The van der Waals surface area contributed by atoms with E-state index >= 15 is 0 Å². The largest absolute Gasteiger partial charge is 0.519 e. The van der Waals surface area contributed by atoms with E-state index in [0.29, 0.717) is 17.4 Å². The molecule has 0 aromatic heterocycles. The monoisotopic (exact) mass is 406 g/mol. The van der Waals surface area contributed by atoms with E-state index in [9.17, 15) is 9.59 Å². The Labute approximate surface area is 175 Å². The molecule has 0 unspecified atom stereocenters. The van der Waals surface area contributed by atoms with Crippen LogP contribution in [0, 0.1) is 0 Å². The number of carbonyl (C=O) groups excluding carboxylic acids is 2. The Balaban J connectivity index is 1.60. The third-order valence-corrected chi connectivity index (χ3v) is 4.29. The lowest BCUT2D eigenvalue weighted by Crippen LogP contribution is -2.16. The fourth-order valence-electron chi connectivity index (χ4n) is 2.67. The molecule has 0 radical (unpaired) electrons. The van der Waals surface area contributed by atoms with Crippen molar-refractivity contribution in [3.05, 3.63) is 83.9 Å². The predicted octanol–water partition coefficient (Wildman–Crippen LogP) is 5.97. The quantitative estimate of drug-likeness (QED) is 0.371. The van der Waals surface area contributed by atoms with E-state index < -0.39 is 12.1 Å². The van der Waals surface area contributed by atoms with Gasteiger partial charge >= 0.3 is 12.1 Å². The second-order valence-electron chi connectivity index (χ2n) is 6.74. The number of rotatable bonds is 6. The summed E-state index contributed by atoms with van der Waals surface area (Å²) in [4.78, 5) is 23.8. The second kappa shape index (κ2) is 9.60. The zero-order chi connectivity index (χ0) is 21.5. The van der Waals surface area contributed by atoms with Crippen LogP contribution < -0.4 is 14.2 Å². The van der Waals surface area contributed by atoms with Crippen molar-refractivity contribution in [3.8, 4) is 23.0 Å². The molecule has 6 heteroatoms. The van der Waals surface area contributed by atoms with Gasteiger partial charge in [0.25, 0.3) is 0 Å². The average molecular weight is 406 g/mol. The lowest BCUT2D eigenvalue weighted by molar-refractivity contribution is 0.0597. The summed E-state index contributed by atoms with van der Waals surface area (Å²) in [6.07, 6.45) is -0.968. The fourth-order valence-corrected chi connectivity index (χ4v) is 2.67. The van der Waals surface area contributed by atoms with Gasteiger partial charge in [0.2, 0.25) is 0 Å². The zero-order valence-corrected chi connectivity index (χ0v) is 17.0. The molecular weight excluding hydrogens is 384 g/mol. The number of methoxy groups -OCH3 is 1. The van der Waals surface area contributed by atoms with Crippen molar-refractivity contribution in [2.45, 2.75) is 19.8 Å². The minimum Gasteiger partial charge on any atom is -0.465 e. The maximum atomic E-state index is 12.1. The van der Waals surface area contributed by atoms with Crippen LogP contribution in [0.4, 0.5) is 4.79 Å². The average Bonchev–Trinajstić information content (AvgIpc) is 2.75. The van der Waals surface area contributed by atoms with Crippen LogP contribution in [0.1, 0.15) is 35.7 Å². The molecule has 0 spiro atoms. The van der Waals surface area contributed by atoms with Crippen LogP contribution >= 0.6 is 0 Å². The lowest BCUT2D eigenvalue weighted by Gasteiger charge is -2.10. The molecule has 3 aromatic rings. The second-order valence-corrected chi connectivity index (χ2v) is 6.74. The number of ether oxygens (including phenoxy) is 4. The zero-order valence-electron chi connectivity index (χ0n) is 17.0. The highest BCUT2D eigenvalue weighted by molar-refractivity contribution is 5.93. The number of hydrogen-bond donors (Lipinski definition) is 0. The Morgan fingerprint density at radius 2 is 1.30 bits per heavy atom. The Kier molecular flexibility index (Phi) is 6.70. The van der Waals surface area contributed by atoms with Crippen LogP contribution in [0.25, 0.3) is 0 Å². The number of carbonyl (C=O) groups is 2. The summed E-state index contributed by atoms with van der Waals surface area (Å²) >= 11 is 0. The van der Waals surface area contributed by atoms with Crippen LogP contribution in [-0.4, -0.2) is 19.2 Å². The smallest absolute Gasteiger partial charge is 0.465 e. The molecule has 154 valence electrons. The Morgan fingerprint density at radius 3 is 1.90 bits per heavy atom. The van der Waals surface area contributed by atoms with Gasteiger partial charge in [-0.1, -0.05) is 38.1 Å². The molecular formula is C24H22O6. The van der Waals surface area contributed by atoms with Crippen LogP contribution in [0.2, 0.25) is 0 Å². The topological polar surface area (TPSA) is 71.1 Å². The van der Waals surface area contributed by atoms with Gasteiger partial charge in [0.05, 0.1) is 7.11 Å². The highest BCUT2D eigenvalue weighted by Crippen LogP contribution is 2.26. The van der Waals surface area contributed by atoms with Crippen LogP contribution in [0.3, 0.4) is 0 Å². The molecule has 0 N–H and O–H groups in total. The van der Waals surface area contributed by atoms with Crippen LogP contribution in [0.15, 0.2) is 72.8 Å². The lowest BCUT2D eigenvalue weighted by atomic mass is 10.0. The molecule has 3 rings (SSSR count). The summed E-state index contributed by atoms with van der Waals surface area (Å²) in [7, 11) is 1.25. The molecule has 0 aliphatic carbocycles. The molecule has 0 fully saturated rings. The molecule has 0 bridgehead atoms. The van der Waals surface area contributed by atoms with E-state index in [-0.39, 0.29) is 17.1 Å². The third kappa shape index (κ3) is 5.38. The predicted molar refractivity (Wildman–Crippen MR) is 111 cm³/mol. The summed E-state index contributed by atoms with van der Waals surface area (Å²) in [5.41, 5.74) is 1.36. The van der Waals surface area contributed by atoms with E-state index in [1.807, 2.05) is 24.3 Å². The Hall–Kier alpha value is -3.80. The van der Waals surface area contributed by atoms with E-state index in [0.717, 1.165) is 0 Å². The van der Waals surface area contributed by atoms with Crippen LogP contribution in [-0.2, 0) is 4.74 Å². The molecule has 0 aliphatic heterocycles. The van der Waals surface area contributed by atoms with Crippen LogP contribution in [0.5, 0.6) is 23.0 Å². The van der Waals surface area contributed by atoms with Gasteiger partial charge in [0.1, 0.15) is 28.6 Å². The molecule has 0 atom stereocenters. The van der Waals surface area contributed by atoms with Crippen molar-refractivity contribution in [1.29, 1.82) is 0 Å². The maximum absolute atomic E-state index is 12.1. The number of esters is 1. The van der Waals surface area contributed by atoms with Crippen molar-refractivity contribution in [2.75, 3.05) is 7.11 Å². The SMILES string of the molecule is COC(=O)c1ccccc1OC(=O)Oc1ccc(Oc2ccc(C(C)C)cc2)cc1. The van der Waals surface area contributed by atoms with Gasteiger partial charge in [-0.15, -0.1) is 0 Å². The first-order chi connectivity index (χ1) is 14.5. The van der Waals surface area contributed by atoms with Gasteiger partial charge < -0.3 is 18.9 Å². The van der Waals surface area contributed by atoms with E-state index in [1.54, 1.807) is 36.4 Å². The summed E-state index contributed by atoms with van der Waals surface area (Å²) < 4.78 is 20.8. The van der Waals surface area contributed by atoms with Crippen molar-refractivity contribution in [1.82, 2.24) is 0 Å². The molecule has 6 nitrogen and oxygen atoms in total. The Morgan fingerprint density at radius 1 is 0.733 bits per heavy atom. The molecule has 0 aliphatic rings. The first kappa shape index (κ1) is 20.9. The van der Waals surface area contributed by atoms with Crippen molar-refractivity contribution >= 4 is 12.1 Å². The van der Waals surface area contributed by atoms with Crippen molar-refractivity contribution in [2.24, 2.45) is 0 Å². The molecule has 30 heavy (non-hydrogen) atoms. The number of hydrogen-bond acceptors (Lipinski definition) is 6. The van der Waals surface area contributed by atoms with E-state index in [4.69, 9.17) is 14.2 Å². The van der Waals surface area contributed by atoms with E-state index in [2.05, 4.69) is 18.6 Å². The maximum Gasteiger partial charge on any atom is 0.519 e. The van der Waals surface area contributed by atoms with Gasteiger partial charge in [-0.2, -0.15) is 0 Å². The standard InChI is InChI=1S/C24H22O6/c1-16(2)17-8-10-18(11-9-17)28-19-12-14-20(15-13-19)29-24(26)30-22-7-5-4-6-21(22)23(25)27-3/h4-16H,1-3H3. The van der Waals surface area contributed by atoms with Gasteiger partial charge in [0.15, 0.2) is 0 Å². The molecule has 0 saturated heterocycles. The third-order valence-electron chi connectivity index (χ3n) is 4.29. The first-order valence-electron chi connectivity index (χ1n) is 9.41. The van der Waals surface area contributed by atoms with Crippen molar-refractivity contribution in [3.63, 3.8) is 0 Å². The van der Waals surface area contributed by atoms with Gasteiger partial charge in [0, 0.05) is 0 Å². The minimum absolute atomic E-state index is 0.0548. The molecule has 0 heterocycles. The molecule has 0 amide bonds. The first-order valence-corrected chi connectivity index (χ1v) is 9.41. The van der Waals surface area contributed by atoms with Gasteiger partial charge in [-0.3, -0.25) is 0 Å². The fraction of sp³-hybridized carbons (Fsp3) is 0.167. The Bertz CT molecular complexity index is 1010. The summed E-state index contributed by atoms with van der Waals surface area (Å²) in [6, 6.07) is 20.7. The molecule has 0 saturated carbocycles. The summed E-state index contributed by atoms with van der Waals surface area (Å²) in [6.45, 7) is 4.27. The normalized spacial score (nSPS) is 10.4. The van der Waals surface area contributed by atoms with Gasteiger partial charge in [-0.25, -0.2) is 9.59 Å². The highest BCUT2D eigenvalue weighted by atomic mass is 16.7. The van der Waals surface area contributed by atoms with E-state index in [1.165, 1.54) is 24.8 Å². The number of para-hydroxylation sites is 1. The number of benzene rings is 3.